The summed E-state index contributed by atoms with van der Waals surface area (Å²) in [6, 6.07) is 0. The highest BCUT2D eigenvalue weighted by molar-refractivity contribution is 5.39. The lowest BCUT2D eigenvalue weighted by Crippen LogP contribution is -1.94. The van der Waals surface area contributed by atoms with Crippen LogP contribution in [0.4, 0.5) is 0 Å². The molecule has 0 bridgehead atoms. The second-order valence-corrected chi connectivity index (χ2v) is 3.28. The van der Waals surface area contributed by atoms with Gasteiger partial charge in [0.2, 0.25) is 0 Å². The number of ether oxygens (including phenoxy) is 1. The van der Waals surface area contributed by atoms with Gasteiger partial charge >= 0.3 is 0 Å². The SMILES string of the molecule is CCC1=CC(CC)C(C)=C1OC. The van der Waals surface area contributed by atoms with E-state index in [1.54, 1.807) is 7.11 Å². The van der Waals surface area contributed by atoms with Crippen LogP contribution in [0.25, 0.3) is 0 Å². The molecule has 0 aromatic carbocycles. The summed E-state index contributed by atoms with van der Waals surface area (Å²) in [6.07, 6.45) is 4.60. The number of rotatable bonds is 3. The monoisotopic (exact) mass is 166 g/mol. The minimum atomic E-state index is 0.620. The average Bonchev–Trinajstić information content (AvgIpc) is 2.41. The summed E-state index contributed by atoms with van der Waals surface area (Å²) in [5.74, 6) is 1.75. The van der Waals surface area contributed by atoms with E-state index in [4.69, 9.17) is 4.74 Å². The quantitative estimate of drug-likeness (QED) is 0.625. The lowest BCUT2D eigenvalue weighted by molar-refractivity contribution is 0.295. The zero-order chi connectivity index (χ0) is 9.14. The molecule has 1 heteroatoms. The van der Waals surface area contributed by atoms with Crippen LogP contribution in [0.1, 0.15) is 33.6 Å². The molecule has 1 nitrogen and oxygen atoms in total. The first-order chi connectivity index (χ1) is 5.74. The minimum absolute atomic E-state index is 0.620. The van der Waals surface area contributed by atoms with Crippen LogP contribution in [0, 0.1) is 5.92 Å². The molecule has 0 spiro atoms. The van der Waals surface area contributed by atoms with Gasteiger partial charge in [0.15, 0.2) is 0 Å². The maximum atomic E-state index is 5.37. The second kappa shape index (κ2) is 3.79. The second-order valence-electron chi connectivity index (χ2n) is 3.28. The maximum absolute atomic E-state index is 5.37. The van der Waals surface area contributed by atoms with E-state index >= 15 is 0 Å². The van der Waals surface area contributed by atoms with Gasteiger partial charge in [-0.05, 0) is 30.9 Å². The highest BCUT2D eigenvalue weighted by Crippen LogP contribution is 2.34. The Morgan fingerprint density at radius 1 is 1.42 bits per heavy atom. The fourth-order valence-electron chi connectivity index (χ4n) is 1.86. The Morgan fingerprint density at radius 2 is 2.08 bits per heavy atom. The van der Waals surface area contributed by atoms with Crippen LogP contribution < -0.4 is 0 Å². The Hall–Kier alpha value is -0.720. The minimum Gasteiger partial charge on any atom is -0.497 e. The van der Waals surface area contributed by atoms with Gasteiger partial charge in [-0.3, -0.25) is 0 Å². The van der Waals surface area contributed by atoms with Gasteiger partial charge in [-0.15, -0.1) is 0 Å². The molecule has 1 atom stereocenters. The lowest BCUT2D eigenvalue weighted by atomic mass is 10.0. The van der Waals surface area contributed by atoms with Gasteiger partial charge in [-0.2, -0.15) is 0 Å². The van der Waals surface area contributed by atoms with Crippen LogP contribution in [0.15, 0.2) is 23.0 Å². The van der Waals surface area contributed by atoms with Crippen molar-refractivity contribution < 1.29 is 4.74 Å². The van der Waals surface area contributed by atoms with Crippen LogP contribution in [0.5, 0.6) is 0 Å². The van der Waals surface area contributed by atoms with Crippen molar-refractivity contribution in [1.29, 1.82) is 0 Å². The van der Waals surface area contributed by atoms with Gasteiger partial charge < -0.3 is 4.74 Å². The van der Waals surface area contributed by atoms with Crippen LogP contribution in [-0.4, -0.2) is 7.11 Å². The van der Waals surface area contributed by atoms with Gasteiger partial charge in [0.1, 0.15) is 5.76 Å². The Labute approximate surface area is 75.1 Å². The third-order valence-corrected chi connectivity index (χ3v) is 2.63. The molecular formula is C11H18O. The Morgan fingerprint density at radius 3 is 2.42 bits per heavy atom. The number of methoxy groups -OCH3 is 1. The molecule has 68 valence electrons. The molecule has 0 saturated carbocycles. The number of hydrogen-bond donors (Lipinski definition) is 0. The molecule has 0 aromatic heterocycles. The Balaban J connectivity index is 2.91. The molecule has 0 N–H and O–H groups in total. The molecule has 0 amide bonds. The summed E-state index contributed by atoms with van der Waals surface area (Å²) in [5, 5.41) is 0. The van der Waals surface area contributed by atoms with Gasteiger partial charge in [-0.1, -0.05) is 19.9 Å². The Bertz CT molecular complexity index is 220. The molecule has 1 unspecified atom stereocenters. The van der Waals surface area contributed by atoms with Crippen LogP contribution in [-0.2, 0) is 4.74 Å². The molecule has 0 fully saturated rings. The lowest BCUT2D eigenvalue weighted by Gasteiger charge is -2.08. The third-order valence-electron chi connectivity index (χ3n) is 2.63. The average molecular weight is 166 g/mol. The van der Waals surface area contributed by atoms with E-state index in [2.05, 4.69) is 26.8 Å². The number of hydrogen-bond acceptors (Lipinski definition) is 1. The van der Waals surface area contributed by atoms with Crippen LogP contribution in [0.2, 0.25) is 0 Å². The highest BCUT2D eigenvalue weighted by atomic mass is 16.5. The predicted molar refractivity (Wildman–Crippen MR) is 51.9 cm³/mol. The summed E-state index contributed by atoms with van der Waals surface area (Å²) in [7, 11) is 1.76. The third kappa shape index (κ3) is 1.40. The zero-order valence-electron chi connectivity index (χ0n) is 8.48. The van der Waals surface area contributed by atoms with E-state index in [0.29, 0.717) is 5.92 Å². The van der Waals surface area contributed by atoms with Crippen LogP contribution >= 0.6 is 0 Å². The highest BCUT2D eigenvalue weighted by Gasteiger charge is 2.21. The van der Waals surface area contributed by atoms with Gasteiger partial charge in [0, 0.05) is 5.92 Å². The van der Waals surface area contributed by atoms with Crippen molar-refractivity contribution in [1.82, 2.24) is 0 Å². The summed E-state index contributed by atoms with van der Waals surface area (Å²) >= 11 is 0. The van der Waals surface area contributed by atoms with Crippen molar-refractivity contribution in [2.45, 2.75) is 33.6 Å². The van der Waals surface area contributed by atoms with E-state index in [1.807, 2.05) is 0 Å². The van der Waals surface area contributed by atoms with Gasteiger partial charge in [0.25, 0.3) is 0 Å². The smallest absolute Gasteiger partial charge is 0.121 e. The molecule has 1 aliphatic rings. The fraction of sp³-hybridized carbons (Fsp3) is 0.636. The van der Waals surface area contributed by atoms with Crippen molar-refractivity contribution in [3.8, 4) is 0 Å². The summed E-state index contributed by atoms with van der Waals surface area (Å²) in [5.41, 5.74) is 2.78. The largest absolute Gasteiger partial charge is 0.497 e. The van der Waals surface area contributed by atoms with Crippen molar-refractivity contribution in [2.24, 2.45) is 5.92 Å². The van der Waals surface area contributed by atoms with E-state index in [-0.39, 0.29) is 0 Å². The summed E-state index contributed by atoms with van der Waals surface area (Å²) < 4.78 is 5.37. The molecule has 0 aliphatic heterocycles. The van der Waals surface area contributed by atoms with E-state index in [1.165, 1.54) is 17.6 Å². The Kier molecular flexibility index (Phi) is 2.96. The van der Waals surface area contributed by atoms with Crippen molar-refractivity contribution in [3.63, 3.8) is 0 Å². The zero-order valence-corrected chi connectivity index (χ0v) is 8.48. The molecule has 0 saturated heterocycles. The standard InChI is InChI=1S/C11H18O/c1-5-9-7-10(6-2)11(12-4)8(9)3/h7,9H,5-6H2,1-4H3. The first-order valence-corrected chi connectivity index (χ1v) is 4.70. The van der Waals surface area contributed by atoms with E-state index in [0.717, 1.165) is 12.2 Å². The van der Waals surface area contributed by atoms with E-state index in [9.17, 15) is 0 Å². The van der Waals surface area contributed by atoms with Crippen molar-refractivity contribution in [3.05, 3.63) is 23.0 Å². The molecule has 1 aliphatic carbocycles. The molecule has 1 rings (SSSR count). The van der Waals surface area contributed by atoms with Gasteiger partial charge in [0.05, 0.1) is 7.11 Å². The summed E-state index contributed by atoms with van der Waals surface area (Å²) in [6.45, 7) is 6.57. The molecular weight excluding hydrogens is 148 g/mol. The first-order valence-electron chi connectivity index (χ1n) is 4.70. The molecule has 0 heterocycles. The first kappa shape index (κ1) is 9.37. The maximum Gasteiger partial charge on any atom is 0.121 e. The molecule has 0 radical (unpaired) electrons. The number of allylic oxidation sites excluding steroid dienone is 3. The summed E-state index contributed by atoms with van der Waals surface area (Å²) in [4.78, 5) is 0. The predicted octanol–water partition coefficient (Wildman–Crippen LogP) is 3.28. The van der Waals surface area contributed by atoms with Gasteiger partial charge in [-0.25, -0.2) is 0 Å². The fourth-order valence-corrected chi connectivity index (χ4v) is 1.86. The van der Waals surface area contributed by atoms with Crippen molar-refractivity contribution in [2.75, 3.05) is 7.11 Å². The molecule has 0 aromatic rings. The van der Waals surface area contributed by atoms with Crippen LogP contribution in [0.3, 0.4) is 0 Å². The normalized spacial score (nSPS) is 23.0. The topological polar surface area (TPSA) is 9.23 Å². The molecule has 12 heavy (non-hydrogen) atoms. The van der Waals surface area contributed by atoms with E-state index < -0.39 is 0 Å². The van der Waals surface area contributed by atoms with Crippen molar-refractivity contribution >= 4 is 0 Å².